The zero-order valence-electron chi connectivity index (χ0n) is 47.3. The van der Waals surface area contributed by atoms with Gasteiger partial charge in [0.25, 0.3) is 0 Å². The largest absolute Gasteiger partial charge is 0.456 e. The number of hydrogen-bond donors (Lipinski definition) is 0. The molecule has 0 unspecified atom stereocenters. The zero-order chi connectivity index (χ0) is 57.8. The molecule has 0 N–H and O–H groups in total. The van der Waals surface area contributed by atoms with E-state index in [0.717, 1.165) is 133 Å². The molecule has 0 amide bonds. The summed E-state index contributed by atoms with van der Waals surface area (Å²) in [4.78, 5) is 16.2. The summed E-state index contributed by atoms with van der Waals surface area (Å²) in [7, 11) is 0. The summed E-state index contributed by atoms with van der Waals surface area (Å²) in [5.41, 5.74) is 21.6. The van der Waals surface area contributed by atoms with Crippen molar-refractivity contribution in [3.8, 4) is 90.0 Å². The summed E-state index contributed by atoms with van der Waals surface area (Å²) >= 11 is 0. The third-order valence-electron chi connectivity index (χ3n) is 17.5. The van der Waals surface area contributed by atoms with Gasteiger partial charge < -0.3 is 18.0 Å². The van der Waals surface area contributed by atoms with Crippen LogP contribution in [0, 0.1) is 0 Å². The number of rotatable bonds is 9. The maximum absolute atomic E-state index is 6.21. The normalized spacial score (nSPS) is 11.9. The minimum Gasteiger partial charge on any atom is -0.456 e. The monoisotopic (exact) mass is 1120 g/mol. The lowest BCUT2D eigenvalue weighted by Gasteiger charge is -2.13. The number of nitrogens with zero attached hydrogens (tertiary/aromatic N) is 5. The maximum Gasteiger partial charge on any atom is 0.164 e. The molecule has 0 bridgehead atoms. The molecular weight excluding hydrogens is 1070 g/mol. The number of hydrogen-bond acceptors (Lipinski definition) is 5. The Kier molecular flexibility index (Phi) is 11.2. The first kappa shape index (κ1) is 49.5. The first-order valence-corrected chi connectivity index (χ1v) is 29.7. The first-order chi connectivity index (χ1) is 43.6. The van der Waals surface area contributed by atoms with Crippen molar-refractivity contribution in [2.75, 3.05) is 0 Å². The molecule has 0 aliphatic rings. The number of aromatic nitrogens is 5. The van der Waals surface area contributed by atoms with Crippen molar-refractivity contribution in [2.24, 2.45) is 0 Å². The van der Waals surface area contributed by atoms with Crippen molar-refractivity contribution in [1.29, 1.82) is 0 Å². The Morgan fingerprint density at radius 1 is 0.193 bits per heavy atom. The van der Waals surface area contributed by atoms with E-state index in [1.807, 2.05) is 24.3 Å². The third kappa shape index (κ3) is 8.17. The molecule has 0 aliphatic heterocycles. The second-order valence-electron chi connectivity index (χ2n) is 22.7. The molecule has 0 fully saturated rings. The van der Waals surface area contributed by atoms with Gasteiger partial charge >= 0.3 is 0 Å². The fourth-order valence-electron chi connectivity index (χ4n) is 13.4. The highest BCUT2D eigenvalue weighted by molar-refractivity contribution is 6.13. The molecule has 0 spiro atoms. The van der Waals surface area contributed by atoms with Crippen LogP contribution in [0.4, 0.5) is 0 Å². The van der Waals surface area contributed by atoms with Gasteiger partial charge in [-0.25, -0.2) is 15.0 Å². The molecule has 5 aromatic heterocycles. The van der Waals surface area contributed by atoms with Gasteiger partial charge in [-0.15, -0.1) is 0 Å². The smallest absolute Gasteiger partial charge is 0.164 e. The fourth-order valence-corrected chi connectivity index (χ4v) is 13.4. The lowest BCUT2D eigenvalue weighted by atomic mass is 9.98. The number of fused-ring (bicyclic) bond motifs is 12. The van der Waals surface area contributed by atoms with E-state index in [2.05, 4.69) is 282 Å². The van der Waals surface area contributed by atoms with Crippen LogP contribution in [0.2, 0.25) is 0 Å². The Bertz CT molecular complexity index is 5550. The zero-order valence-corrected chi connectivity index (χ0v) is 47.3. The molecule has 0 saturated heterocycles. The molecule has 0 saturated carbocycles. The molecule has 7 heteroatoms. The van der Waals surface area contributed by atoms with E-state index in [0.29, 0.717) is 17.5 Å². The van der Waals surface area contributed by atoms with Gasteiger partial charge in [0, 0.05) is 71.2 Å². The van der Waals surface area contributed by atoms with Crippen molar-refractivity contribution in [1.82, 2.24) is 24.1 Å². The van der Waals surface area contributed by atoms with Crippen LogP contribution in [0.1, 0.15) is 0 Å². The summed E-state index contributed by atoms with van der Waals surface area (Å²) < 4.78 is 17.1. The molecular formula is C81H49N5O2. The second kappa shape index (κ2) is 19.8. The van der Waals surface area contributed by atoms with Crippen LogP contribution in [-0.2, 0) is 0 Å². The first-order valence-electron chi connectivity index (χ1n) is 29.7. The highest BCUT2D eigenvalue weighted by Crippen LogP contribution is 2.41. The maximum atomic E-state index is 6.21. The average Bonchev–Trinajstić information content (AvgIpc) is 3.98. The summed E-state index contributed by atoms with van der Waals surface area (Å²) in [6.07, 6.45) is 0. The van der Waals surface area contributed by atoms with E-state index in [1.165, 1.54) is 27.1 Å². The molecule has 0 radical (unpaired) electrons. The van der Waals surface area contributed by atoms with Crippen LogP contribution < -0.4 is 0 Å². The van der Waals surface area contributed by atoms with Crippen molar-refractivity contribution in [3.05, 3.63) is 297 Å². The summed E-state index contributed by atoms with van der Waals surface area (Å²) in [5, 5.41) is 9.12. The van der Waals surface area contributed by atoms with Gasteiger partial charge in [0.2, 0.25) is 0 Å². The Labute approximate surface area is 504 Å². The van der Waals surface area contributed by atoms with Crippen LogP contribution in [0.25, 0.3) is 178 Å². The quantitative estimate of drug-likeness (QED) is 0.144. The van der Waals surface area contributed by atoms with Gasteiger partial charge in [0.05, 0.1) is 22.1 Å². The van der Waals surface area contributed by atoms with Gasteiger partial charge in [-0.05, 0) is 154 Å². The van der Waals surface area contributed by atoms with Gasteiger partial charge in [-0.2, -0.15) is 0 Å². The number of para-hydroxylation sites is 4. The van der Waals surface area contributed by atoms with Crippen molar-refractivity contribution < 1.29 is 8.83 Å². The van der Waals surface area contributed by atoms with Crippen LogP contribution in [0.15, 0.2) is 306 Å². The van der Waals surface area contributed by atoms with Gasteiger partial charge in [-0.1, -0.05) is 188 Å². The predicted octanol–water partition coefficient (Wildman–Crippen LogP) is 21.5. The van der Waals surface area contributed by atoms with E-state index in [-0.39, 0.29) is 0 Å². The van der Waals surface area contributed by atoms with E-state index >= 15 is 0 Å². The molecule has 5 heterocycles. The van der Waals surface area contributed by atoms with E-state index in [1.54, 1.807) is 0 Å². The van der Waals surface area contributed by atoms with Crippen molar-refractivity contribution >= 4 is 87.5 Å². The van der Waals surface area contributed by atoms with Crippen molar-refractivity contribution in [3.63, 3.8) is 0 Å². The molecule has 88 heavy (non-hydrogen) atoms. The van der Waals surface area contributed by atoms with Gasteiger partial charge in [0.1, 0.15) is 22.3 Å². The van der Waals surface area contributed by atoms with Gasteiger partial charge in [0.15, 0.2) is 17.5 Å². The topological polar surface area (TPSA) is 74.8 Å². The Morgan fingerprint density at radius 3 is 1.00 bits per heavy atom. The minimum absolute atomic E-state index is 0.569. The third-order valence-corrected chi connectivity index (χ3v) is 17.5. The molecule has 0 aliphatic carbocycles. The molecule has 18 aromatic rings. The lowest BCUT2D eigenvalue weighted by Crippen LogP contribution is -2.02. The summed E-state index contributed by atoms with van der Waals surface area (Å²) in [6.45, 7) is 0. The lowest BCUT2D eigenvalue weighted by molar-refractivity contribution is 0.668. The summed E-state index contributed by atoms with van der Waals surface area (Å²) in [6, 6.07) is 105. The highest BCUT2D eigenvalue weighted by atomic mass is 16.3. The molecule has 18 rings (SSSR count). The van der Waals surface area contributed by atoms with Crippen LogP contribution >= 0.6 is 0 Å². The van der Waals surface area contributed by atoms with E-state index in [9.17, 15) is 0 Å². The van der Waals surface area contributed by atoms with E-state index < -0.39 is 0 Å². The average molecular weight is 1120 g/mol. The molecule has 7 nitrogen and oxygen atoms in total. The van der Waals surface area contributed by atoms with Crippen LogP contribution in [0.5, 0.6) is 0 Å². The minimum atomic E-state index is 0.569. The molecule has 13 aromatic carbocycles. The van der Waals surface area contributed by atoms with Crippen LogP contribution in [0.3, 0.4) is 0 Å². The highest BCUT2D eigenvalue weighted by Gasteiger charge is 2.20. The predicted molar refractivity (Wildman–Crippen MR) is 361 cm³/mol. The fraction of sp³-hybridized carbons (Fsp3) is 0. The van der Waals surface area contributed by atoms with E-state index in [4.69, 9.17) is 23.8 Å². The van der Waals surface area contributed by atoms with Crippen molar-refractivity contribution in [2.45, 2.75) is 0 Å². The molecule has 410 valence electrons. The second-order valence-corrected chi connectivity index (χ2v) is 22.7. The van der Waals surface area contributed by atoms with Gasteiger partial charge in [-0.3, -0.25) is 0 Å². The van der Waals surface area contributed by atoms with Crippen LogP contribution in [-0.4, -0.2) is 24.1 Å². The number of benzene rings is 13. The Balaban J connectivity index is 0.768. The summed E-state index contributed by atoms with van der Waals surface area (Å²) in [5.74, 6) is 1.72. The Morgan fingerprint density at radius 2 is 0.511 bits per heavy atom. The Hall–Kier alpha value is -11.9. The molecule has 0 atom stereocenters. The standard InChI is InChI=1S/C81H49N5O2/c1-2-16-50(17-3-1)51-18-12-19-52(42-51)53-20-13-21-58(43-53)79-82-80(59-22-14-24-61(44-59)85-71-30-8-4-26-63(71)67-46-54(34-38-73(67)85)56-36-40-77-69(48-56)65-28-6-10-32-75(65)87-77)84-81(83-79)60-23-15-25-62(45-60)86-72-31-9-5-27-64(72)68-47-55(35-39-74(68)86)57-37-41-78-70(49-57)66-29-7-11-33-76(66)88-78/h1-49H. The SMILES string of the molecule is c1ccc(-c2cccc(-c3cccc(-c4nc(-c5cccc(-n6c7ccccc7c7cc(-c8ccc9oc%10ccccc%10c9c8)ccc76)c5)nc(-c5cccc(-n6c7ccccc7c7cc(-c8ccc9oc%10ccccc%10c9c8)ccc76)c5)n4)c3)c2)cc1. The number of furan rings is 2.